The first-order valence-electron chi connectivity index (χ1n) is 9.66. The zero-order chi connectivity index (χ0) is 20.6. The van der Waals surface area contributed by atoms with Crippen LogP contribution < -0.4 is 5.32 Å². The van der Waals surface area contributed by atoms with Crippen LogP contribution >= 0.6 is 0 Å². The molecule has 2 aromatic carbocycles. The number of nitrogens with zero attached hydrogens (tertiary/aromatic N) is 2. The van der Waals surface area contributed by atoms with Gasteiger partial charge in [0.25, 0.3) is 5.91 Å². The van der Waals surface area contributed by atoms with Gasteiger partial charge < -0.3 is 14.6 Å². The van der Waals surface area contributed by atoms with Crippen LogP contribution in [-0.2, 0) is 16.0 Å². The largest absolute Gasteiger partial charge is 0.466 e. The molecule has 1 heterocycles. The highest BCUT2D eigenvalue weighted by Gasteiger charge is 2.22. The summed E-state index contributed by atoms with van der Waals surface area (Å²) in [4.78, 5) is 29.4. The summed E-state index contributed by atoms with van der Waals surface area (Å²) in [6, 6.07) is 15.4. The fraction of sp³-hybridized carbons (Fsp3) is 0.261. The lowest BCUT2D eigenvalue weighted by atomic mass is 9.99. The van der Waals surface area contributed by atoms with E-state index in [1.54, 1.807) is 30.2 Å². The number of ether oxygens (including phenoxy) is 1. The molecule has 0 fully saturated rings. The van der Waals surface area contributed by atoms with E-state index < -0.39 is 5.92 Å². The standard InChI is InChI=1S/C23H25N3O3/c1-3-29-23(28)19(14-18-7-5-4-6-8-18)15-25-22(27)20-13-17(2)9-10-21(20)26-12-11-24-16-26/h4-13,16,19H,3,14-15H2,1-2H3,(H,25,27). The summed E-state index contributed by atoms with van der Waals surface area (Å²) >= 11 is 0. The first-order valence-corrected chi connectivity index (χ1v) is 9.66. The van der Waals surface area contributed by atoms with Crippen molar-refractivity contribution in [2.24, 2.45) is 5.92 Å². The third-order valence-corrected chi connectivity index (χ3v) is 4.63. The van der Waals surface area contributed by atoms with Crippen LogP contribution in [0, 0.1) is 12.8 Å². The molecule has 0 spiro atoms. The summed E-state index contributed by atoms with van der Waals surface area (Å²) in [6.45, 7) is 4.22. The van der Waals surface area contributed by atoms with Gasteiger partial charge in [-0.15, -0.1) is 0 Å². The number of benzene rings is 2. The van der Waals surface area contributed by atoms with Gasteiger partial charge in [-0.2, -0.15) is 0 Å². The van der Waals surface area contributed by atoms with Gasteiger partial charge >= 0.3 is 5.97 Å². The first-order chi connectivity index (χ1) is 14.1. The molecule has 29 heavy (non-hydrogen) atoms. The van der Waals surface area contributed by atoms with E-state index in [0.29, 0.717) is 18.6 Å². The molecule has 3 aromatic rings. The summed E-state index contributed by atoms with van der Waals surface area (Å²) in [5, 5.41) is 2.91. The van der Waals surface area contributed by atoms with E-state index in [1.165, 1.54) is 0 Å². The molecule has 0 saturated heterocycles. The van der Waals surface area contributed by atoms with Crippen molar-refractivity contribution in [3.63, 3.8) is 0 Å². The highest BCUT2D eigenvalue weighted by atomic mass is 16.5. The van der Waals surface area contributed by atoms with Gasteiger partial charge in [0.1, 0.15) is 0 Å². The number of carbonyl (C=O) groups excluding carboxylic acids is 2. The Labute approximate surface area is 170 Å². The average molecular weight is 391 g/mol. The predicted molar refractivity (Wildman–Crippen MR) is 111 cm³/mol. The first kappa shape index (κ1) is 20.3. The molecular formula is C23H25N3O3. The number of aryl methyl sites for hydroxylation is 1. The van der Waals surface area contributed by atoms with Crippen LogP contribution in [0.2, 0.25) is 0 Å². The molecule has 1 N–H and O–H groups in total. The molecule has 3 rings (SSSR count). The maximum absolute atomic E-state index is 13.0. The zero-order valence-corrected chi connectivity index (χ0v) is 16.7. The second-order valence-corrected chi connectivity index (χ2v) is 6.84. The van der Waals surface area contributed by atoms with E-state index in [2.05, 4.69) is 10.3 Å². The number of amides is 1. The topological polar surface area (TPSA) is 73.2 Å². The van der Waals surface area contributed by atoms with Crippen LogP contribution in [-0.4, -0.2) is 34.6 Å². The van der Waals surface area contributed by atoms with E-state index in [4.69, 9.17) is 4.74 Å². The van der Waals surface area contributed by atoms with Crippen molar-refractivity contribution in [2.45, 2.75) is 20.3 Å². The molecule has 0 radical (unpaired) electrons. The smallest absolute Gasteiger partial charge is 0.311 e. The number of rotatable bonds is 8. The summed E-state index contributed by atoms with van der Waals surface area (Å²) < 4.78 is 7.01. The minimum atomic E-state index is -0.456. The molecule has 0 bridgehead atoms. The molecule has 0 aliphatic rings. The van der Waals surface area contributed by atoms with Crippen LogP contribution in [0.15, 0.2) is 67.3 Å². The lowest BCUT2D eigenvalue weighted by Gasteiger charge is -2.17. The van der Waals surface area contributed by atoms with Gasteiger partial charge in [0, 0.05) is 18.9 Å². The van der Waals surface area contributed by atoms with Crippen molar-refractivity contribution in [2.75, 3.05) is 13.2 Å². The van der Waals surface area contributed by atoms with Crippen molar-refractivity contribution in [1.29, 1.82) is 0 Å². The van der Waals surface area contributed by atoms with Crippen molar-refractivity contribution >= 4 is 11.9 Å². The number of hydrogen-bond acceptors (Lipinski definition) is 4. The lowest BCUT2D eigenvalue weighted by molar-refractivity contribution is -0.147. The number of esters is 1. The van der Waals surface area contributed by atoms with Crippen LogP contribution in [0.1, 0.15) is 28.4 Å². The molecule has 150 valence electrons. The minimum absolute atomic E-state index is 0.198. The molecule has 1 atom stereocenters. The minimum Gasteiger partial charge on any atom is -0.466 e. The summed E-state index contributed by atoms with van der Waals surface area (Å²) in [6.07, 6.45) is 5.61. The summed E-state index contributed by atoms with van der Waals surface area (Å²) in [5.41, 5.74) is 3.27. The predicted octanol–water partition coefficient (Wildman–Crippen LogP) is 3.33. The fourth-order valence-corrected chi connectivity index (χ4v) is 3.17. The van der Waals surface area contributed by atoms with E-state index in [1.807, 2.05) is 55.5 Å². The third-order valence-electron chi connectivity index (χ3n) is 4.63. The quantitative estimate of drug-likeness (QED) is 0.598. The van der Waals surface area contributed by atoms with E-state index >= 15 is 0 Å². The number of hydrogen-bond donors (Lipinski definition) is 1. The zero-order valence-electron chi connectivity index (χ0n) is 16.7. The van der Waals surface area contributed by atoms with Gasteiger partial charge in [-0.05, 0) is 38.0 Å². The van der Waals surface area contributed by atoms with Crippen LogP contribution in [0.4, 0.5) is 0 Å². The molecule has 0 aliphatic carbocycles. The SMILES string of the molecule is CCOC(=O)C(CNC(=O)c1cc(C)ccc1-n1ccnc1)Cc1ccccc1. The Balaban J connectivity index is 1.76. The Morgan fingerprint density at radius 1 is 1.17 bits per heavy atom. The van der Waals surface area contributed by atoms with Gasteiger partial charge in [-0.1, -0.05) is 42.0 Å². The van der Waals surface area contributed by atoms with E-state index in [9.17, 15) is 9.59 Å². The third kappa shape index (κ3) is 5.31. The molecule has 6 nitrogen and oxygen atoms in total. The normalized spacial score (nSPS) is 11.7. The van der Waals surface area contributed by atoms with Gasteiger partial charge in [-0.3, -0.25) is 9.59 Å². The van der Waals surface area contributed by atoms with Crippen molar-refractivity contribution in [1.82, 2.24) is 14.9 Å². The maximum atomic E-state index is 13.0. The molecule has 1 aromatic heterocycles. The van der Waals surface area contributed by atoms with Gasteiger partial charge in [0.15, 0.2) is 0 Å². The Kier molecular flexibility index (Phi) is 6.79. The number of aromatic nitrogens is 2. The lowest BCUT2D eigenvalue weighted by Crippen LogP contribution is -2.35. The fourth-order valence-electron chi connectivity index (χ4n) is 3.17. The molecule has 6 heteroatoms. The monoisotopic (exact) mass is 391 g/mol. The second kappa shape index (κ2) is 9.68. The second-order valence-electron chi connectivity index (χ2n) is 6.84. The Hall–Kier alpha value is -3.41. The maximum Gasteiger partial charge on any atom is 0.311 e. The van der Waals surface area contributed by atoms with Crippen molar-refractivity contribution < 1.29 is 14.3 Å². The van der Waals surface area contributed by atoms with Crippen LogP contribution in [0.5, 0.6) is 0 Å². The number of carbonyl (C=O) groups is 2. The molecule has 1 amide bonds. The number of nitrogens with one attached hydrogen (secondary N) is 1. The molecule has 1 unspecified atom stereocenters. The summed E-state index contributed by atoms with van der Waals surface area (Å²) in [7, 11) is 0. The van der Waals surface area contributed by atoms with E-state index in [0.717, 1.165) is 16.8 Å². The molecule has 0 saturated carbocycles. The van der Waals surface area contributed by atoms with Crippen LogP contribution in [0.25, 0.3) is 5.69 Å². The Morgan fingerprint density at radius 3 is 2.66 bits per heavy atom. The average Bonchev–Trinajstić information content (AvgIpc) is 3.26. The van der Waals surface area contributed by atoms with Crippen LogP contribution in [0.3, 0.4) is 0 Å². The Bertz CT molecular complexity index is 953. The van der Waals surface area contributed by atoms with Crippen molar-refractivity contribution in [3.05, 3.63) is 83.9 Å². The molecular weight excluding hydrogens is 366 g/mol. The highest BCUT2D eigenvalue weighted by Crippen LogP contribution is 2.17. The number of imidazole rings is 1. The molecule has 0 aliphatic heterocycles. The summed E-state index contributed by atoms with van der Waals surface area (Å²) in [5.74, 6) is -1.00. The van der Waals surface area contributed by atoms with Gasteiger partial charge in [0.2, 0.25) is 0 Å². The van der Waals surface area contributed by atoms with Crippen molar-refractivity contribution in [3.8, 4) is 5.69 Å². The highest BCUT2D eigenvalue weighted by molar-refractivity contribution is 5.98. The van der Waals surface area contributed by atoms with Gasteiger partial charge in [0.05, 0.1) is 30.1 Å². The van der Waals surface area contributed by atoms with Gasteiger partial charge in [-0.25, -0.2) is 4.98 Å². The Morgan fingerprint density at radius 2 is 1.97 bits per heavy atom. The van der Waals surface area contributed by atoms with E-state index in [-0.39, 0.29) is 18.4 Å².